The molecule has 0 aromatic heterocycles. The van der Waals surface area contributed by atoms with E-state index in [4.69, 9.17) is 10.8 Å². The van der Waals surface area contributed by atoms with Crippen molar-refractivity contribution < 1.29 is 18.3 Å². The van der Waals surface area contributed by atoms with Crippen molar-refractivity contribution in [1.29, 1.82) is 0 Å². The summed E-state index contributed by atoms with van der Waals surface area (Å²) in [5.74, 6) is -4.50. The van der Waals surface area contributed by atoms with Gasteiger partial charge in [-0.05, 0) is 17.7 Å². The van der Waals surface area contributed by atoms with Crippen LogP contribution in [0.2, 0.25) is 0 Å². The lowest BCUT2D eigenvalue weighted by molar-refractivity contribution is 0.0114. The second-order valence-electron chi connectivity index (χ2n) is 3.02. The number of aromatic hydroxyl groups is 1. The van der Waals surface area contributed by atoms with Crippen LogP contribution in [0.1, 0.15) is 5.56 Å². The molecule has 1 aromatic rings. The van der Waals surface area contributed by atoms with Crippen molar-refractivity contribution in [2.75, 3.05) is 6.54 Å². The first kappa shape index (κ1) is 10.8. The van der Waals surface area contributed by atoms with E-state index in [0.29, 0.717) is 0 Å². The summed E-state index contributed by atoms with van der Waals surface area (Å²) in [6.45, 7) is -0.782. The molecule has 0 bridgehead atoms. The molecule has 0 spiro atoms. The molecular formula is C9H10F3NO. The van der Waals surface area contributed by atoms with Gasteiger partial charge >= 0.3 is 0 Å². The lowest BCUT2D eigenvalue weighted by Gasteiger charge is -2.13. The van der Waals surface area contributed by atoms with Crippen molar-refractivity contribution in [3.05, 3.63) is 29.6 Å². The zero-order valence-corrected chi connectivity index (χ0v) is 7.30. The Morgan fingerprint density at radius 3 is 2.50 bits per heavy atom. The average molecular weight is 205 g/mol. The van der Waals surface area contributed by atoms with Crippen molar-refractivity contribution in [2.24, 2.45) is 5.73 Å². The second kappa shape index (κ2) is 3.88. The second-order valence-corrected chi connectivity index (χ2v) is 3.02. The molecule has 0 amide bonds. The fourth-order valence-electron chi connectivity index (χ4n) is 1.03. The summed E-state index contributed by atoms with van der Waals surface area (Å²) in [6, 6.07) is 3.15. The molecule has 0 saturated heterocycles. The van der Waals surface area contributed by atoms with Gasteiger partial charge in [-0.2, -0.15) is 0 Å². The summed E-state index contributed by atoms with van der Waals surface area (Å²) in [7, 11) is 0. The molecule has 0 aliphatic carbocycles. The number of nitrogens with two attached hydrogens (primary N) is 1. The number of hydrogen-bond donors (Lipinski definition) is 2. The topological polar surface area (TPSA) is 46.2 Å². The largest absolute Gasteiger partial charge is 0.505 e. The van der Waals surface area contributed by atoms with Crippen molar-refractivity contribution in [3.8, 4) is 5.75 Å². The van der Waals surface area contributed by atoms with E-state index in [1.165, 1.54) is 6.07 Å². The number of benzene rings is 1. The third-order valence-electron chi connectivity index (χ3n) is 1.77. The average Bonchev–Trinajstić information content (AvgIpc) is 2.11. The van der Waals surface area contributed by atoms with Gasteiger partial charge in [0.05, 0.1) is 6.54 Å². The minimum absolute atomic E-state index is 0.107. The van der Waals surface area contributed by atoms with Crippen LogP contribution in [0.25, 0.3) is 0 Å². The maximum atomic E-state index is 12.8. The van der Waals surface area contributed by atoms with Crippen LogP contribution >= 0.6 is 0 Å². The van der Waals surface area contributed by atoms with E-state index in [-0.39, 0.29) is 5.56 Å². The third-order valence-corrected chi connectivity index (χ3v) is 1.77. The molecule has 3 N–H and O–H groups in total. The normalized spacial score (nSPS) is 11.7. The van der Waals surface area contributed by atoms with E-state index in [1.54, 1.807) is 0 Å². The summed E-state index contributed by atoms with van der Waals surface area (Å²) >= 11 is 0. The van der Waals surface area contributed by atoms with Gasteiger partial charge < -0.3 is 10.8 Å². The number of alkyl halides is 2. The van der Waals surface area contributed by atoms with Gasteiger partial charge in [0.25, 0.3) is 5.92 Å². The highest BCUT2D eigenvalue weighted by atomic mass is 19.3. The van der Waals surface area contributed by atoms with Crippen LogP contribution < -0.4 is 5.73 Å². The van der Waals surface area contributed by atoms with E-state index in [0.717, 1.165) is 12.1 Å². The van der Waals surface area contributed by atoms with E-state index in [9.17, 15) is 13.2 Å². The van der Waals surface area contributed by atoms with Gasteiger partial charge in [0.1, 0.15) is 0 Å². The number of halogens is 3. The Morgan fingerprint density at radius 2 is 2.00 bits per heavy atom. The summed E-state index contributed by atoms with van der Waals surface area (Å²) in [5.41, 5.74) is 4.94. The van der Waals surface area contributed by atoms with Crippen LogP contribution in [0.3, 0.4) is 0 Å². The first-order valence-corrected chi connectivity index (χ1v) is 4.00. The molecule has 0 aliphatic heterocycles. The van der Waals surface area contributed by atoms with Crippen LogP contribution in [0.4, 0.5) is 13.2 Å². The molecule has 14 heavy (non-hydrogen) atoms. The molecule has 0 atom stereocenters. The highest BCUT2D eigenvalue weighted by Crippen LogP contribution is 2.22. The van der Waals surface area contributed by atoms with Crippen molar-refractivity contribution in [1.82, 2.24) is 0 Å². The molecule has 1 rings (SSSR count). The Labute approximate surface area is 79.2 Å². The monoisotopic (exact) mass is 205 g/mol. The Hall–Kier alpha value is -1.23. The molecule has 0 aliphatic rings. The highest BCUT2D eigenvalue weighted by Gasteiger charge is 2.27. The Morgan fingerprint density at radius 1 is 1.36 bits per heavy atom. The van der Waals surface area contributed by atoms with Gasteiger partial charge in [-0.25, -0.2) is 13.2 Å². The zero-order chi connectivity index (χ0) is 10.8. The van der Waals surface area contributed by atoms with Crippen LogP contribution in [-0.2, 0) is 6.42 Å². The minimum Gasteiger partial charge on any atom is -0.505 e. The first-order valence-electron chi connectivity index (χ1n) is 4.00. The molecule has 0 fully saturated rings. The fraction of sp³-hybridized carbons (Fsp3) is 0.333. The first-order chi connectivity index (χ1) is 6.44. The van der Waals surface area contributed by atoms with Gasteiger partial charge in [-0.15, -0.1) is 0 Å². The smallest absolute Gasteiger partial charge is 0.264 e. The van der Waals surface area contributed by atoms with Gasteiger partial charge in [0.15, 0.2) is 11.6 Å². The molecule has 2 nitrogen and oxygen atoms in total. The van der Waals surface area contributed by atoms with Gasteiger partial charge in [0.2, 0.25) is 0 Å². The highest BCUT2D eigenvalue weighted by molar-refractivity contribution is 5.28. The minimum atomic E-state index is -3.04. The third kappa shape index (κ3) is 2.63. The molecule has 0 heterocycles. The number of rotatable bonds is 3. The predicted molar refractivity (Wildman–Crippen MR) is 45.8 cm³/mol. The predicted octanol–water partition coefficient (Wildman–Crippen LogP) is 1.67. The summed E-state index contributed by atoms with van der Waals surface area (Å²) in [4.78, 5) is 0. The van der Waals surface area contributed by atoms with Crippen molar-refractivity contribution >= 4 is 0 Å². The lowest BCUT2D eigenvalue weighted by atomic mass is 10.1. The molecule has 0 saturated carbocycles. The van der Waals surface area contributed by atoms with E-state index in [2.05, 4.69) is 0 Å². The Bertz CT molecular complexity index is 328. The summed E-state index contributed by atoms with van der Waals surface area (Å²) in [5, 5.41) is 8.81. The van der Waals surface area contributed by atoms with Crippen molar-refractivity contribution in [3.63, 3.8) is 0 Å². The maximum Gasteiger partial charge on any atom is 0.264 e. The molecule has 0 unspecified atom stereocenters. The van der Waals surface area contributed by atoms with Gasteiger partial charge in [-0.1, -0.05) is 6.07 Å². The SMILES string of the molecule is NCC(F)(F)Cc1ccc(O)c(F)c1. The van der Waals surface area contributed by atoms with Crippen LogP contribution in [-0.4, -0.2) is 17.6 Å². The standard InChI is InChI=1S/C9H10F3NO/c10-7-3-6(1-2-8(7)14)4-9(11,12)5-13/h1-3,14H,4-5,13H2. The Balaban J connectivity index is 2.83. The Kier molecular flexibility index (Phi) is 3.00. The fourth-order valence-corrected chi connectivity index (χ4v) is 1.03. The van der Waals surface area contributed by atoms with E-state index in [1.807, 2.05) is 0 Å². The lowest BCUT2D eigenvalue weighted by Crippen LogP contribution is -2.30. The molecule has 78 valence electrons. The summed E-state index contributed by atoms with van der Waals surface area (Å²) < 4.78 is 38.3. The number of hydrogen-bond acceptors (Lipinski definition) is 2. The molecule has 1 aromatic carbocycles. The molecule has 0 radical (unpaired) electrons. The van der Waals surface area contributed by atoms with Crippen LogP contribution in [0.5, 0.6) is 5.75 Å². The summed E-state index contributed by atoms with van der Waals surface area (Å²) in [6.07, 6.45) is -0.624. The van der Waals surface area contributed by atoms with Crippen LogP contribution in [0.15, 0.2) is 18.2 Å². The van der Waals surface area contributed by atoms with Gasteiger partial charge in [0, 0.05) is 6.42 Å². The zero-order valence-electron chi connectivity index (χ0n) is 7.30. The van der Waals surface area contributed by atoms with Crippen molar-refractivity contribution in [2.45, 2.75) is 12.3 Å². The van der Waals surface area contributed by atoms with E-state index < -0.39 is 30.5 Å². The molecule has 5 heteroatoms. The van der Waals surface area contributed by atoms with E-state index >= 15 is 0 Å². The number of phenolic OH excluding ortho intramolecular Hbond substituents is 1. The maximum absolute atomic E-state index is 12.8. The number of phenols is 1. The molecular weight excluding hydrogens is 195 g/mol. The quantitative estimate of drug-likeness (QED) is 0.788. The van der Waals surface area contributed by atoms with Crippen LogP contribution in [0, 0.1) is 5.82 Å². The van der Waals surface area contributed by atoms with Gasteiger partial charge in [-0.3, -0.25) is 0 Å².